The summed E-state index contributed by atoms with van der Waals surface area (Å²) in [4.78, 5) is 10.1. The van der Waals surface area contributed by atoms with Gasteiger partial charge in [0.05, 0.1) is 0 Å². The number of nitriles is 1. The van der Waals surface area contributed by atoms with Crippen LogP contribution in [0.1, 0.15) is 6.92 Å². The molecular weight excluding hydrogens is 90.1 g/mol. The molecule has 0 atom stereocenters. The second kappa shape index (κ2) is 2.14. The van der Waals surface area contributed by atoms with E-state index < -0.39 is 5.78 Å². The zero-order chi connectivity index (χ0) is 5.86. The Morgan fingerprint density at radius 3 is 2.29 bits per heavy atom. The van der Waals surface area contributed by atoms with E-state index in [0.717, 1.165) is 0 Å². The molecule has 0 rings (SSSR count). The highest BCUT2D eigenvalue weighted by Crippen LogP contribution is 1.84. The minimum atomic E-state index is -0.542. The normalized spacial score (nSPS) is 6.86. The van der Waals surface area contributed by atoms with E-state index in [9.17, 15) is 4.79 Å². The molecule has 0 unspecified atom stereocenters. The van der Waals surface area contributed by atoms with Crippen LogP contribution in [0.3, 0.4) is 0 Å². The van der Waals surface area contributed by atoms with Crippen LogP contribution in [0.4, 0.5) is 0 Å². The number of ketones is 1. The molecule has 0 heterocycles. The van der Waals surface area contributed by atoms with Gasteiger partial charge in [-0.3, -0.25) is 4.79 Å². The number of rotatable bonds is 1. The van der Waals surface area contributed by atoms with Gasteiger partial charge < -0.3 is 0 Å². The number of nitrogens with zero attached hydrogens (tertiary/aromatic N) is 1. The maximum Gasteiger partial charge on any atom is 0.257 e. The average Bonchev–Trinajstić information content (AvgIpc) is 1.65. The molecule has 0 amide bonds. The lowest BCUT2D eigenvalue weighted by atomic mass is 10.2. The number of allylic oxidation sites excluding steroid dienone is 1. The summed E-state index contributed by atoms with van der Waals surface area (Å²) in [5, 5.41) is 7.84. The standard InChI is InChI=1S/C5H5NO/c1-4(2)5(7)3-6/h1H2,2H3. The van der Waals surface area contributed by atoms with Crippen LogP contribution in [-0.2, 0) is 4.79 Å². The summed E-state index contributed by atoms with van der Waals surface area (Å²) < 4.78 is 0. The molecule has 0 aromatic carbocycles. The predicted octanol–water partition coefficient (Wildman–Crippen LogP) is 0.655. The molecule has 0 aromatic rings. The summed E-state index contributed by atoms with van der Waals surface area (Å²) in [5.41, 5.74) is 0.294. The van der Waals surface area contributed by atoms with Gasteiger partial charge in [-0.15, -0.1) is 0 Å². The van der Waals surface area contributed by atoms with E-state index in [1.807, 2.05) is 0 Å². The van der Waals surface area contributed by atoms with Gasteiger partial charge >= 0.3 is 0 Å². The van der Waals surface area contributed by atoms with E-state index in [-0.39, 0.29) is 0 Å². The first-order valence-electron chi connectivity index (χ1n) is 1.78. The molecule has 0 aliphatic rings. The lowest BCUT2D eigenvalue weighted by Crippen LogP contribution is -1.90. The number of Topliss-reactive ketones (excluding diaryl/α,β-unsaturated/α-hetero) is 1. The zero-order valence-electron chi connectivity index (χ0n) is 4.06. The van der Waals surface area contributed by atoms with E-state index in [0.29, 0.717) is 5.57 Å². The SMILES string of the molecule is C=C(C)C(=O)C#N. The van der Waals surface area contributed by atoms with Gasteiger partial charge in [-0.05, 0) is 6.92 Å². The van der Waals surface area contributed by atoms with Crippen LogP contribution in [0.2, 0.25) is 0 Å². The Morgan fingerprint density at radius 1 is 1.86 bits per heavy atom. The monoisotopic (exact) mass is 95.0 g/mol. The van der Waals surface area contributed by atoms with Gasteiger partial charge in [0.1, 0.15) is 6.07 Å². The molecule has 0 spiro atoms. The zero-order valence-corrected chi connectivity index (χ0v) is 4.06. The second-order valence-corrected chi connectivity index (χ2v) is 1.22. The molecule has 0 aromatic heterocycles. The van der Waals surface area contributed by atoms with Crippen molar-refractivity contribution >= 4 is 5.78 Å². The molecule has 0 saturated heterocycles. The molecule has 36 valence electrons. The van der Waals surface area contributed by atoms with Crippen molar-refractivity contribution in [1.29, 1.82) is 5.26 Å². The van der Waals surface area contributed by atoms with Gasteiger partial charge in [-0.1, -0.05) is 6.58 Å². The molecular formula is C5H5NO. The lowest BCUT2D eigenvalue weighted by Gasteiger charge is -1.77. The van der Waals surface area contributed by atoms with Crippen molar-refractivity contribution < 1.29 is 4.79 Å². The van der Waals surface area contributed by atoms with Crippen molar-refractivity contribution in [1.82, 2.24) is 0 Å². The molecule has 0 bridgehead atoms. The van der Waals surface area contributed by atoms with Gasteiger partial charge in [-0.2, -0.15) is 5.26 Å². The second-order valence-electron chi connectivity index (χ2n) is 1.22. The van der Waals surface area contributed by atoms with Crippen LogP contribution in [-0.4, -0.2) is 5.78 Å². The first-order chi connectivity index (χ1) is 3.18. The molecule has 7 heavy (non-hydrogen) atoms. The number of hydrogen-bond donors (Lipinski definition) is 0. The fourth-order valence-corrected chi connectivity index (χ4v) is 0.0954. The summed E-state index contributed by atoms with van der Waals surface area (Å²) in [6, 6.07) is 1.43. The predicted molar refractivity (Wildman–Crippen MR) is 25.4 cm³/mol. The largest absolute Gasteiger partial charge is 0.277 e. The van der Waals surface area contributed by atoms with Crippen molar-refractivity contribution in [2.75, 3.05) is 0 Å². The Kier molecular flexibility index (Phi) is 1.80. The molecule has 0 aliphatic heterocycles. The molecule has 0 fully saturated rings. The van der Waals surface area contributed by atoms with E-state index >= 15 is 0 Å². The van der Waals surface area contributed by atoms with Gasteiger partial charge in [-0.25, -0.2) is 0 Å². The molecule has 0 radical (unpaired) electrons. The summed E-state index contributed by atoms with van der Waals surface area (Å²) >= 11 is 0. The summed E-state index contributed by atoms with van der Waals surface area (Å²) in [6.45, 7) is 4.76. The van der Waals surface area contributed by atoms with Gasteiger partial charge in [0, 0.05) is 5.57 Å². The van der Waals surface area contributed by atoms with Crippen LogP contribution in [0, 0.1) is 11.3 Å². The molecule has 0 aliphatic carbocycles. The summed E-state index contributed by atoms with van der Waals surface area (Å²) in [6.07, 6.45) is 0. The first kappa shape index (κ1) is 5.90. The van der Waals surface area contributed by atoms with Crippen LogP contribution < -0.4 is 0 Å². The summed E-state index contributed by atoms with van der Waals surface area (Å²) in [7, 11) is 0. The van der Waals surface area contributed by atoms with Crippen molar-refractivity contribution in [2.45, 2.75) is 6.92 Å². The van der Waals surface area contributed by atoms with E-state index in [1.165, 1.54) is 13.0 Å². The van der Waals surface area contributed by atoms with Crippen molar-refractivity contribution in [3.05, 3.63) is 12.2 Å². The first-order valence-corrected chi connectivity index (χ1v) is 1.78. The fourth-order valence-electron chi connectivity index (χ4n) is 0.0954. The van der Waals surface area contributed by atoms with Crippen molar-refractivity contribution in [2.24, 2.45) is 0 Å². The maximum absolute atomic E-state index is 10.1. The quantitative estimate of drug-likeness (QED) is 0.354. The Balaban J connectivity index is 3.90. The van der Waals surface area contributed by atoms with Crippen molar-refractivity contribution in [3.8, 4) is 6.07 Å². The van der Waals surface area contributed by atoms with Crippen LogP contribution >= 0.6 is 0 Å². The smallest absolute Gasteiger partial charge is 0.257 e. The Labute approximate surface area is 42.1 Å². The third-order valence-electron chi connectivity index (χ3n) is 0.489. The molecule has 0 saturated carbocycles. The lowest BCUT2D eigenvalue weighted by molar-refractivity contribution is -0.110. The summed E-state index contributed by atoms with van der Waals surface area (Å²) in [5.74, 6) is -0.542. The highest BCUT2D eigenvalue weighted by molar-refractivity contribution is 6.05. The molecule has 2 heteroatoms. The van der Waals surface area contributed by atoms with Crippen molar-refractivity contribution in [3.63, 3.8) is 0 Å². The Morgan fingerprint density at radius 2 is 2.29 bits per heavy atom. The fraction of sp³-hybridized carbons (Fsp3) is 0.200. The Hall–Kier alpha value is -1.10. The average molecular weight is 95.1 g/mol. The Bertz CT molecular complexity index is 141. The topological polar surface area (TPSA) is 40.9 Å². The van der Waals surface area contributed by atoms with Crippen LogP contribution in [0.5, 0.6) is 0 Å². The van der Waals surface area contributed by atoms with E-state index in [4.69, 9.17) is 5.26 Å². The van der Waals surface area contributed by atoms with Gasteiger partial charge in [0.25, 0.3) is 5.78 Å². The number of carbonyl (C=O) groups excluding carboxylic acids is 1. The highest BCUT2D eigenvalue weighted by Gasteiger charge is 1.94. The number of hydrogen-bond acceptors (Lipinski definition) is 2. The maximum atomic E-state index is 10.1. The third kappa shape index (κ3) is 1.72. The van der Waals surface area contributed by atoms with Crippen LogP contribution in [0.15, 0.2) is 12.2 Å². The minimum Gasteiger partial charge on any atom is -0.277 e. The highest BCUT2D eigenvalue weighted by atomic mass is 16.1. The van der Waals surface area contributed by atoms with E-state index in [2.05, 4.69) is 6.58 Å². The van der Waals surface area contributed by atoms with E-state index in [1.54, 1.807) is 0 Å². The van der Waals surface area contributed by atoms with Crippen LogP contribution in [0.25, 0.3) is 0 Å². The van der Waals surface area contributed by atoms with Gasteiger partial charge in [0.2, 0.25) is 0 Å². The third-order valence-corrected chi connectivity index (χ3v) is 0.489. The minimum absolute atomic E-state index is 0.294. The number of carbonyl (C=O) groups is 1. The van der Waals surface area contributed by atoms with Gasteiger partial charge in [0.15, 0.2) is 0 Å². The molecule has 0 N–H and O–H groups in total. The molecule has 2 nitrogen and oxygen atoms in total.